The number of carbonyl (C=O) groups is 1. The minimum Gasteiger partial charge on any atom is -0.392 e. The van der Waals surface area contributed by atoms with Crippen molar-refractivity contribution in [2.45, 2.75) is 19.0 Å². The standard InChI is InChI=1S/C11H26N2O5Si/c1-4-19(17-8-6-15-2,18-9-7-16-3)10-5-13-11(12)14/h4-10H2,1-3H3,(H3,12,13,14). The molecule has 0 atom stereocenters. The van der Waals surface area contributed by atoms with Crippen molar-refractivity contribution in [3.05, 3.63) is 0 Å². The summed E-state index contributed by atoms with van der Waals surface area (Å²) >= 11 is 0. The van der Waals surface area contributed by atoms with E-state index in [1.807, 2.05) is 6.92 Å². The SMILES string of the molecule is CC[Si](CCNC(N)=O)(OCCOC)OCCOC. The van der Waals surface area contributed by atoms with Gasteiger partial charge in [-0.25, -0.2) is 4.79 Å². The maximum absolute atomic E-state index is 10.7. The van der Waals surface area contributed by atoms with Crippen LogP contribution in [0.3, 0.4) is 0 Å². The van der Waals surface area contributed by atoms with Gasteiger partial charge in [0, 0.05) is 26.8 Å². The summed E-state index contributed by atoms with van der Waals surface area (Å²) in [6.45, 7) is 4.49. The zero-order chi connectivity index (χ0) is 14.6. The van der Waals surface area contributed by atoms with Gasteiger partial charge in [-0.3, -0.25) is 0 Å². The number of methoxy groups -OCH3 is 2. The van der Waals surface area contributed by atoms with Gasteiger partial charge < -0.3 is 29.4 Å². The Morgan fingerprint density at radius 2 is 1.63 bits per heavy atom. The highest BCUT2D eigenvalue weighted by atomic mass is 28.4. The van der Waals surface area contributed by atoms with Gasteiger partial charge in [0.15, 0.2) is 0 Å². The van der Waals surface area contributed by atoms with Gasteiger partial charge in [-0.05, 0) is 6.04 Å². The molecule has 0 aromatic heterocycles. The van der Waals surface area contributed by atoms with Crippen LogP contribution in [0.5, 0.6) is 0 Å². The van der Waals surface area contributed by atoms with E-state index in [0.717, 1.165) is 6.04 Å². The third kappa shape index (κ3) is 8.95. The van der Waals surface area contributed by atoms with Crippen molar-refractivity contribution in [3.63, 3.8) is 0 Å². The fraction of sp³-hybridized carbons (Fsp3) is 0.909. The van der Waals surface area contributed by atoms with E-state index < -0.39 is 14.6 Å². The number of hydrogen-bond donors (Lipinski definition) is 2. The Morgan fingerprint density at radius 1 is 1.11 bits per heavy atom. The van der Waals surface area contributed by atoms with Crippen LogP contribution in [0.2, 0.25) is 12.1 Å². The molecule has 0 heterocycles. The van der Waals surface area contributed by atoms with Crippen LogP contribution in [0.25, 0.3) is 0 Å². The van der Waals surface area contributed by atoms with Gasteiger partial charge in [-0.2, -0.15) is 0 Å². The first-order valence-electron chi connectivity index (χ1n) is 6.39. The molecule has 0 bridgehead atoms. The molecule has 19 heavy (non-hydrogen) atoms. The summed E-state index contributed by atoms with van der Waals surface area (Å²) in [7, 11) is 0.907. The highest BCUT2D eigenvalue weighted by Gasteiger charge is 2.35. The molecule has 7 nitrogen and oxygen atoms in total. The lowest BCUT2D eigenvalue weighted by Gasteiger charge is -2.29. The molecule has 0 aromatic carbocycles. The Balaban J connectivity index is 4.31. The third-order valence-electron chi connectivity index (χ3n) is 2.65. The van der Waals surface area contributed by atoms with Crippen molar-refractivity contribution >= 4 is 14.6 Å². The zero-order valence-electron chi connectivity index (χ0n) is 12.1. The van der Waals surface area contributed by atoms with Crippen LogP contribution in [0, 0.1) is 0 Å². The highest BCUT2D eigenvalue weighted by molar-refractivity contribution is 6.67. The summed E-state index contributed by atoms with van der Waals surface area (Å²) < 4.78 is 21.7. The molecule has 0 aromatic rings. The summed E-state index contributed by atoms with van der Waals surface area (Å²) in [6, 6.07) is 0.911. The summed E-state index contributed by atoms with van der Waals surface area (Å²) in [5.41, 5.74) is 5.05. The van der Waals surface area contributed by atoms with E-state index in [4.69, 9.17) is 24.1 Å². The van der Waals surface area contributed by atoms with Gasteiger partial charge in [-0.1, -0.05) is 6.92 Å². The first-order chi connectivity index (χ1) is 9.10. The number of amides is 2. The normalized spacial score (nSPS) is 11.5. The molecule has 0 radical (unpaired) electrons. The second-order valence-electron chi connectivity index (χ2n) is 3.99. The lowest BCUT2D eigenvalue weighted by Crippen LogP contribution is -2.46. The number of nitrogens with two attached hydrogens (primary N) is 1. The predicted octanol–water partition coefficient (Wildman–Crippen LogP) is 0.443. The van der Waals surface area contributed by atoms with Gasteiger partial charge in [0.2, 0.25) is 0 Å². The first kappa shape index (κ1) is 18.3. The number of urea groups is 1. The van der Waals surface area contributed by atoms with Crippen molar-refractivity contribution in [3.8, 4) is 0 Å². The van der Waals surface area contributed by atoms with E-state index in [2.05, 4.69) is 5.32 Å². The number of primary amides is 1. The Morgan fingerprint density at radius 3 is 2.00 bits per heavy atom. The van der Waals surface area contributed by atoms with E-state index in [-0.39, 0.29) is 0 Å². The molecule has 0 fully saturated rings. The first-order valence-corrected chi connectivity index (χ1v) is 8.62. The molecular formula is C11H26N2O5Si. The van der Waals surface area contributed by atoms with Crippen molar-refractivity contribution in [1.82, 2.24) is 5.32 Å². The quantitative estimate of drug-likeness (QED) is 0.402. The van der Waals surface area contributed by atoms with Gasteiger partial charge in [0.05, 0.1) is 26.4 Å². The molecule has 8 heteroatoms. The molecule has 0 rings (SSSR count). The maximum atomic E-state index is 10.7. The molecule has 3 N–H and O–H groups in total. The minimum atomic E-state index is -2.34. The van der Waals surface area contributed by atoms with Crippen LogP contribution >= 0.6 is 0 Å². The molecular weight excluding hydrogens is 268 g/mol. The molecule has 2 amide bonds. The lowest BCUT2D eigenvalue weighted by atomic mass is 10.7. The number of nitrogens with one attached hydrogen (secondary N) is 1. The summed E-state index contributed by atoms with van der Waals surface area (Å²) in [5, 5.41) is 2.57. The monoisotopic (exact) mass is 294 g/mol. The molecule has 0 unspecified atom stereocenters. The van der Waals surface area contributed by atoms with Crippen LogP contribution in [-0.4, -0.2) is 61.8 Å². The lowest BCUT2D eigenvalue weighted by molar-refractivity contribution is 0.0862. The van der Waals surface area contributed by atoms with E-state index in [1.165, 1.54) is 0 Å². The highest BCUT2D eigenvalue weighted by Crippen LogP contribution is 2.18. The number of rotatable bonds is 12. The number of carbonyl (C=O) groups excluding carboxylic acids is 1. The fourth-order valence-electron chi connectivity index (χ4n) is 1.57. The van der Waals surface area contributed by atoms with Gasteiger partial charge in [0.25, 0.3) is 0 Å². The minimum absolute atomic E-state index is 0.454. The second kappa shape index (κ2) is 11.2. The van der Waals surface area contributed by atoms with Crippen molar-refractivity contribution in [2.75, 3.05) is 47.2 Å². The molecule has 0 aliphatic rings. The molecule has 0 aliphatic carbocycles. The Labute approximate surface area is 116 Å². The van der Waals surface area contributed by atoms with E-state index in [1.54, 1.807) is 14.2 Å². The smallest absolute Gasteiger partial charge is 0.339 e. The van der Waals surface area contributed by atoms with Gasteiger partial charge >= 0.3 is 14.6 Å². The summed E-state index contributed by atoms with van der Waals surface area (Å²) in [4.78, 5) is 10.7. The Bertz CT molecular complexity index is 233. The molecule has 0 saturated heterocycles. The topological polar surface area (TPSA) is 92.0 Å². The van der Waals surface area contributed by atoms with E-state index >= 15 is 0 Å². The van der Waals surface area contributed by atoms with Crippen molar-refractivity contribution in [1.29, 1.82) is 0 Å². The van der Waals surface area contributed by atoms with E-state index in [0.29, 0.717) is 39.0 Å². The maximum Gasteiger partial charge on any atom is 0.339 e. The van der Waals surface area contributed by atoms with E-state index in [9.17, 15) is 4.79 Å². The average molecular weight is 294 g/mol. The predicted molar refractivity (Wildman–Crippen MR) is 74.3 cm³/mol. The van der Waals surface area contributed by atoms with Crippen molar-refractivity contribution < 1.29 is 23.1 Å². The average Bonchev–Trinajstić information content (AvgIpc) is 2.38. The zero-order valence-corrected chi connectivity index (χ0v) is 13.1. The molecule has 114 valence electrons. The number of ether oxygens (including phenoxy) is 2. The fourth-order valence-corrected chi connectivity index (χ4v) is 4.12. The number of hydrogen-bond acceptors (Lipinski definition) is 5. The van der Waals surface area contributed by atoms with Crippen molar-refractivity contribution in [2.24, 2.45) is 5.73 Å². The molecule has 0 aliphatic heterocycles. The summed E-state index contributed by atoms with van der Waals surface area (Å²) in [5.74, 6) is 0. The molecule has 0 spiro atoms. The summed E-state index contributed by atoms with van der Waals surface area (Å²) in [6.07, 6.45) is 0. The largest absolute Gasteiger partial charge is 0.392 e. The van der Waals surface area contributed by atoms with Crippen LogP contribution in [0.4, 0.5) is 4.79 Å². The Hall–Kier alpha value is -0.673. The van der Waals surface area contributed by atoms with Crippen LogP contribution < -0.4 is 11.1 Å². The molecule has 0 saturated carbocycles. The Kier molecular flexibility index (Phi) is 10.8. The van der Waals surface area contributed by atoms with Gasteiger partial charge in [0.1, 0.15) is 0 Å². The van der Waals surface area contributed by atoms with Gasteiger partial charge in [-0.15, -0.1) is 0 Å². The van der Waals surface area contributed by atoms with Crippen LogP contribution in [-0.2, 0) is 18.3 Å². The van der Waals surface area contributed by atoms with Crippen LogP contribution in [0.15, 0.2) is 0 Å². The van der Waals surface area contributed by atoms with Crippen LogP contribution in [0.1, 0.15) is 6.92 Å². The third-order valence-corrected chi connectivity index (χ3v) is 6.20. The second-order valence-corrected chi connectivity index (χ2v) is 7.59.